The SMILES string of the molecule is CCCNC(c1ccoc1)c1ccc(Br)c(C)c1. The second-order valence-electron chi connectivity index (χ2n) is 4.45. The predicted molar refractivity (Wildman–Crippen MR) is 77.7 cm³/mol. The first-order chi connectivity index (χ1) is 8.72. The van der Waals surface area contributed by atoms with Crippen molar-refractivity contribution >= 4 is 15.9 Å². The summed E-state index contributed by atoms with van der Waals surface area (Å²) in [7, 11) is 0. The van der Waals surface area contributed by atoms with Crippen molar-refractivity contribution in [3.05, 3.63) is 58.0 Å². The summed E-state index contributed by atoms with van der Waals surface area (Å²) in [5.41, 5.74) is 3.69. The van der Waals surface area contributed by atoms with Gasteiger partial charge in [0.2, 0.25) is 0 Å². The number of halogens is 1. The summed E-state index contributed by atoms with van der Waals surface area (Å²) in [6.07, 6.45) is 4.65. The van der Waals surface area contributed by atoms with Gasteiger partial charge in [0, 0.05) is 10.0 Å². The van der Waals surface area contributed by atoms with E-state index in [0.29, 0.717) is 0 Å². The van der Waals surface area contributed by atoms with Crippen LogP contribution in [0.2, 0.25) is 0 Å². The lowest BCUT2D eigenvalue weighted by atomic mass is 9.99. The summed E-state index contributed by atoms with van der Waals surface area (Å²) in [5.74, 6) is 0. The third kappa shape index (κ3) is 3.03. The molecule has 0 aliphatic carbocycles. The van der Waals surface area contributed by atoms with Gasteiger partial charge in [-0.05, 0) is 43.1 Å². The molecule has 1 atom stereocenters. The molecule has 0 saturated carbocycles. The van der Waals surface area contributed by atoms with Gasteiger partial charge >= 0.3 is 0 Å². The zero-order valence-electron chi connectivity index (χ0n) is 10.7. The Kier molecular flexibility index (Phi) is 4.61. The van der Waals surface area contributed by atoms with E-state index in [2.05, 4.69) is 53.3 Å². The molecule has 2 nitrogen and oxygen atoms in total. The van der Waals surface area contributed by atoms with E-state index in [1.807, 2.05) is 12.3 Å². The van der Waals surface area contributed by atoms with E-state index < -0.39 is 0 Å². The molecule has 0 radical (unpaired) electrons. The minimum Gasteiger partial charge on any atom is -0.472 e. The Bertz CT molecular complexity index is 493. The van der Waals surface area contributed by atoms with Gasteiger partial charge in [0.05, 0.1) is 18.6 Å². The lowest BCUT2D eigenvalue weighted by Gasteiger charge is -2.18. The van der Waals surface area contributed by atoms with E-state index in [1.165, 1.54) is 16.7 Å². The van der Waals surface area contributed by atoms with Crippen LogP contribution in [0.15, 0.2) is 45.7 Å². The molecule has 18 heavy (non-hydrogen) atoms. The van der Waals surface area contributed by atoms with Crippen LogP contribution < -0.4 is 5.32 Å². The molecule has 0 bridgehead atoms. The predicted octanol–water partition coefficient (Wildman–Crippen LogP) is 4.44. The van der Waals surface area contributed by atoms with Crippen molar-refractivity contribution < 1.29 is 4.42 Å². The summed E-state index contributed by atoms with van der Waals surface area (Å²) in [4.78, 5) is 0. The monoisotopic (exact) mass is 307 g/mol. The smallest absolute Gasteiger partial charge is 0.0953 e. The van der Waals surface area contributed by atoms with Crippen LogP contribution in [0.1, 0.15) is 36.1 Å². The Morgan fingerprint density at radius 2 is 2.11 bits per heavy atom. The summed E-state index contributed by atoms with van der Waals surface area (Å²) in [6.45, 7) is 5.27. The van der Waals surface area contributed by atoms with Crippen molar-refractivity contribution in [1.82, 2.24) is 5.32 Å². The van der Waals surface area contributed by atoms with Crippen molar-refractivity contribution in [3.63, 3.8) is 0 Å². The molecule has 0 amide bonds. The van der Waals surface area contributed by atoms with Crippen molar-refractivity contribution in [2.75, 3.05) is 6.54 Å². The van der Waals surface area contributed by atoms with Gasteiger partial charge in [-0.3, -0.25) is 0 Å². The molecular weight excluding hydrogens is 290 g/mol. The zero-order valence-corrected chi connectivity index (χ0v) is 12.3. The average Bonchev–Trinajstić information content (AvgIpc) is 2.88. The van der Waals surface area contributed by atoms with E-state index in [-0.39, 0.29) is 6.04 Å². The zero-order chi connectivity index (χ0) is 13.0. The van der Waals surface area contributed by atoms with Crippen LogP contribution in [-0.4, -0.2) is 6.54 Å². The fourth-order valence-corrected chi connectivity index (χ4v) is 2.25. The molecule has 2 aromatic rings. The van der Waals surface area contributed by atoms with Gasteiger partial charge in [-0.1, -0.05) is 35.0 Å². The maximum Gasteiger partial charge on any atom is 0.0953 e. The highest BCUT2D eigenvalue weighted by molar-refractivity contribution is 9.10. The van der Waals surface area contributed by atoms with E-state index in [0.717, 1.165) is 17.4 Å². The third-order valence-electron chi connectivity index (χ3n) is 2.99. The number of aryl methyl sites for hydroxylation is 1. The molecule has 3 heteroatoms. The van der Waals surface area contributed by atoms with Gasteiger partial charge in [0.15, 0.2) is 0 Å². The molecule has 1 N–H and O–H groups in total. The largest absolute Gasteiger partial charge is 0.472 e. The molecule has 0 saturated heterocycles. The number of hydrogen-bond donors (Lipinski definition) is 1. The van der Waals surface area contributed by atoms with Gasteiger partial charge in [-0.15, -0.1) is 0 Å². The lowest BCUT2D eigenvalue weighted by molar-refractivity contribution is 0.548. The molecule has 1 unspecified atom stereocenters. The van der Waals surface area contributed by atoms with Gasteiger partial charge in [0.25, 0.3) is 0 Å². The van der Waals surface area contributed by atoms with Crippen LogP contribution in [0.4, 0.5) is 0 Å². The van der Waals surface area contributed by atoms with E-state index in [9.17, 15) is 0 Å². The van der Waals surface area contributed by atoms with Crippen molar-refractivity contribution in [3.8, 4) is 0 Å². The second-order valence-corrected chi connectivity index (χ2v) is 5.31. The average molecular weight is 308 g/mol. The molecular formula is C15H18BrNO. The third-order valence-corrected chi connectivity index (χ3v) is 3.88. The maximum absolute atomic E-state index is 5.20. The van der Waals surface area contributed by atoms with E-state index >= 15 is 0 Å². The number of hydrogen-bond acceptors (Lipinski definition) is 2. The normalized spacial score (nSPS) is 12.6. The first-order valence-electron chi connectivity index (χ1n) is 6.24. The fourth-order valence-electron chi connectivity index (χ4n) is 2.00. The first-order valence-corrected chi connectivity index (χ1v) is 7.03. The van der Waals surface area contributed by atoms with Gasteiger partial charge in [-0.2, -0.15) is 0 Å². The Morgan fingerprint density at radius 3 is 2.72 bits per heavy atom. The highest BCUT2D eigenvalue weighted by Gasteiger charge is 2.14. The number of benzene rings is 1. The van der Waals surface area contributed by atoms with Crippen LogP contribution in [-0.2, 0) is 0 Å². The van der Waals surface area contributed by atoms with Crippen LogP contribution in [0.3, 0.4) is 0 Å². The lowest BCUT2D eigenvalue weighted by Crippen LogP contribution is -2.22. The molecule has 2 rings (SSSR count). The number of rotatable bonds is 5. The van der Waals surface area contributed by atoms with Crippen LogP contribution in [0.25, 0.3) is 0 Å². The summed E-state index contributed by atoms with van der Waals surface area (Å²) < 4.78 is 6.35. The summed E-state index contributed by atoms with van der Waals surface area (Å²) in [5, 5.41) is 3.56. The minimum absolute atomic E-state index is 0.204. The summed E-state index contributed by atoms with van der Waals surface area (Å²) in [6, 6.07) is 8.69. The number of furan rings is 1. The number of nitrogens with one attached hydrogen (secondary N) is 1. The molecule has 0 aliphatic rings. The minimum atomic E-state index is 0.204. The van der Waals surface area contributed by atoms with Crippen LogP contribution in [0.5, 0.6) is 0 Å². The Morgan fingerprint density at radius 1 is 1.28 bits per heavy atom. The highest BCUT2D eigenvalue weighted by atomic mass is 79.9. The Hall–Kier alpha value is -1.06. The summed E-state index contributed by atoms with van der Waals surface area (Å²) >= 11 is 3.54. The Labute approximate surface area is 117 Å². The Balaban J connectivity index is 2.30. The van der Waals surface area contributed by atoms with Gasteiger partial charge in [0.1, 0.15) is 0 Å². The molecule has 96 valence electrons. The van der Waals surface area contributed by atoms with E-state index in [4.69, 9.17) is 4.42 Å². The van der Waals surface area contributed by atoms with Crippen molar-refractivity contribution in [1.29, 1.82) is 0 Å². The second kappa shape index (κ2) is 6.21. The van der Waals surface area contributed by atoms with Crippen LogP contribution in [0, 0.1) is 6.92 Å². The molecule has 0 spiro atoms. The maximum atomic E-state index is 5.20. The van der Waals surface area contributed by atoms with E-state index in [1.54, 1.807) is 6.26 Å². The van der Waals surface area contributed by atoms with Crippen molar-refractivity contribution in [2.24, 2.45) is 0 Å². The highest BCUT2D eigenvalue weighted by Crippen LogP contribution is 2.26. The quantitative estimate of drug-likeness (QED) is 0.883. The molecule has 1 aromatic heterocycles. The topological polar surface area (TPSA) is 25.2 Å². The molecule has 1 heterocycles. The van der Waals surface area contributed by atoms with Crippen molar-refractivity contribution in [2.45, 2.75) is 26.3 Å². The first kappa shape index (κ1) is 13.4. The van der Waals surface area contributed by atoms with Gasteiger partial charge < -0.3 is 9.73 Å². The molecule has 0 fully saturated rings. The molecule has 0 aliphatic heterocycles. The molecule has 1 aromatic carbocycles. The van der Waals surface area contributed by atoms with Crippen LogP contribution >= 0.6 is 15.9 Å². The van der Waals surface area contributed by atoms with Gasteiger partial charge in [-0.25, -0.2) is 0 Å². The fraction of sp³-hybridized carbons (Fsp3) is 0.333. The standard InChI is InChI=1S/C15H18BrNO/c1-3-7-17-15(13-6-8-18-10-13)12-4-5-14(16)11(2)9-12/h4-6,8-10,15,17H,3,7H2,1-2H3.